The van der Waals surface area contributed by atoms with Crippen molar-refractivity contribution in [2.45, 2.75) is 39.8 Å². The number of oxazole rings is 1. The molecule has 2 aromatic heterocycles. The van der Waals surface area contributed by atoms with E-state index in [-0.39, 0.29) is 24.1 Å². The molecule has 0 fully saturated rings. The average Bonchev–Trinajstić information content (AvgIpc) is 2.84. The van der Waals surface area contributed by atoms with Crippen LogP contribution in [0.5, 0.6) is 6.01 Å². The zero-order chi connectivity index (χ0) is 15.4. The summed E-state index contributed by atoms with van der Waals surface area (Å²) in [6.07, 6.45) is 1.60. The summed E-state index contributed by atoms with van der Waals surface area (Å²) in [5, 5.41) is 3.07. The number of nitrogen functional groups attached to an aromatic ring is 1. The van der Waals surface area contributed by atoms with Gasteiger partial charge in [0.05, 0.1) is 12.3 Å². The first-order valence-electron chi connectivity index (χ1n) is 6.56. The van der Waals surface area contributed by atoms with Crippen LogP contribution in [0.3, 0.4) is 0 Å². The molecule has 0 saturated heterocycles. The van der Waals surface area contributed by atoms with Crippen LogP contribution in [-0.4, -0.2) is 26.0 Å². The van der Waals surface area contributed by atoms with Gasteiger partial charge in [-0.15, -0.1) is 0 Å². The van der Waals surface area contributed by atoms with Gasteiger partial charge in [0.25, 0.3) is 0 Å². The van der Waals surface area contributed by atoms with Crippen LogP contribution >= 0.6 is 0 Å². The molecule has 9 nitrogen and oxygen atoms in total. The molecule has 2 aromatic rings. The van der Waals surface area contributed by atoms with Gasteiger partial charge >= 0.3 is 6.01 Å². The van der Waals surface area contributed by atoms with Gasteiger partial charge in [-0.2, -0.15) is 15.0 Å². The van der Waals surface area contributed by atoms with Gasteiger partial charge in [0, 0.05) is 0 Å². The van der Waals surface area contributed by atoms with E-state index in [1.807, 2.05) is 27.7 Å². The van der Waals surface area contributed by atoms with E-state index in [1.165, 1.54) is 0 Å². The zero-order valence-electron chi connectivity index (χ0n) is 12.4. The number of hydrazine groups is 1. The summed E-state index contributed by atoms with van der Waals surface area (Å²) >= 11 is 0. The van der Waals surface area contributed by atoms with Crippen LogP contribution in [0.2, 0.25) is 0 Å². The predicted octanol–water partition coefficient (Wildman–Crippen LogP) is 1.41. The van der Waals surface area contributed by atoms with Gasteiger partial charge < -0.3 is 14.5 Å². The third-order valence-electron chi connectivity index (χ3n) is 2.44. The molecule has 0 aromatic carbocycles. The lowest BCUT2D eigenvalue weighted by atomic mass is 10.3. The number of rotatable bonds is 6. The Morgan fingerprint density at radius 2 is 1.90 bits per heavy atom. The molecule has 114 valence electrons. The zero-order valence-corrected chi connectivity index (χ0v) is 12.4. The second-order valence-corrected chi connectivity index (χ2v) is 4.75. The fourth-order valence-electron chi connectivity index (χ4n) is 1.58. The first kappa shape index (κ1) is 15.0. The summed E-state index contributed by atoms with van der Waals surface area (Å²) in [5.74, 6) is 7.15. The van der Waals surface area contributed by atoms with Crippen LogP contribution in [0.15, 0.2) is 10.6 Å². The SMILES string of the molecule is Cc1cnc(C(C)Nc2nc(NN)nc(OC(C)C)n2)o1. The molecule has 0 aliphatic carbocycles. The highest BCUT2D eigenvalue weighted by atomic mass is 16.5. The number of anilines is 2. The van der Waals surface area contributed by atoms with Crippen LogP contribution in [0, 0.1) is 6.92 Å². The van der Waals surface area contributed by atoms with Crippen LogP contribution in [-0.2, 0) is 0 Å². The highest BCUT2D eigenvalue weighted by Gasteiger charge is 2.15. The van der Waals surface area contributed by atoms with E-state index in [2.05, 4.69) is 30.7 Å². The van der Waals surface area contributed by atoms with E-state index >= 15 is 0 Å². The van der Waals surface area contributed by atoms with Crippen molar-refractivity contribution in [1.29, 1.82) is 0 Å². The van der Waals surface area contributed by atoms with Crippen molar-refractivity contribution in [2.75, 3.05) is 10.7 Å². The highest BCUT2D eigenvalue weighted by Crippen LogP contribution is 2.19. The van der Waals surface area contributed by atoms with E-state index in [0.29, 0.717) is 11.8 Å². The Hall–Kier alpha value is -2.42. The highest BCUT2D eigenvalue weighted by molar-refractivity contribution is 5.36. The maximum absolute atomic E-state index is 5.45. The number of nitrogens with zero attached hydrogens (tertiary/aromatic N) is 4. The van der Waals surface area contributed by atoms with E-state index in [0.717, 1.165) is 5.76 Å². The van der Waals surface area contributed by atoms with E-state index < -0.39 is 0 Å². The first-order valence-corrected chi connectivity index (χ1v) is 6.56. The summed E-state index contributed by atoms with van der Waals surface area (Å²) in [4.78, 5) is 16.5. The van der Waals surface area contributed by atoms with E-state index in [9.17, 15) is 0 Å². The average molecular weight is 293 g/mol. The van der Waals surface area contributed by atoms with Gasteiger partial charge in [0.15, 0.2) is 0 Å². The summed E-state index contributed by atoms with van der Waals surface area (Å²) < 4.78 is 10.9. The summed E-state index contributed by atoms with van der Waals surface area (Å²) in [6, 6.07) is -0.0233. The second-order valence-electron chi connectivity index (χ2n) is 4.75. The number of aromatic nitrogens is 4. The lowest BCUT2D eigenvalue weighted by Gasteiger charge is -2.13. The topological polar surface area (TPSA) is 124 Å². The Morgan fingerprint density at radius 3 is 2.48 bits per heavy atom. The number of nitrogens with one attached hydrogen (secondary N) is 2. The molecular weight excluding hydrogens is 274 g/mol. The Bertz CT molecular complexity index is 599. The molecule has 21 heavy (non-hydrogen) atoms. The van der Waals surface area contributed by atoms with Gasteiger partial charge in [0.1, 0.15) is 11.8 Å². The minimum Gasteiger partial charge on any atom is -0.461 e. The van der Waals surface area contributed by atoms with Crippen molar-refractivity contribution in [3.63, 3.8) is 0 Å². The van der Waals surface area contributed by atoms with Crippen molar-refractivity contribution in [2.24, 2.45) is 5.84 Å². The third-order valence-corrected chi connectivity index (χ3v) is 2.44. The lowest BCUT2D eigenvalue weighted by Crippen LogP contribution is -2.17. The van der Waals surface area contributed by atoms with Crippen LogP contribution in [0.25, 0.3) is 0 Å². The summed E-state index contributed by atoms with van der Waals surface area (Å²) in [7, 11) is 0. The van der Waals surface area contributed by atoms with Gasteiger partial charge in [0.2, 0.25) is 17.8 Å². The van der Waals surface area contributed by atoms with E-state index in [1.54, 1.807) is 6.20 Å². The minimum atomic E-state index is -0.210. The molecule has 0 aliphatic heterocycles. The number of hydrogen-bond acceptors (Lipinski definition) is 9. The van der Waals surface area contributed by atoms with Crippen LogP contribution in [0.1, 0.15) is 38.5 Å². The molecule has 1 unspecified atom stereocenters. The fraction of sp³-hybridized carbons (Fsp3) is 0.500. The van der Waals surface area contributed by atoms with Gasteiger partial charge in [-0.25, -0.2) is 10.8 Å². The van der Waals surface area contributed by atoms with Crippen molar-refractivity contribution < 1.29 is 9.15 Å². The minimum absolute atomic E-state index is 0.0577. The molecule has 1 atom stereocenters. The molecule has 0 spiro atoms. The monoisotopic (exact) mass is 293 g/mol. The van der Waals surface area contributed by atoms with Gasteiger partial charge in [-0.1, -0.05) is 0 Å². The maximum atomic E-state index is 5.45. The number of aryl methyl sites for hydroxylation is 1. The second kappa shape index (κ2) is 6.35. The predicted molar refractivity (Wildman–Crippen MR) is 76.7 cm³/mol. The lowest BCUT2D eigenvalue weighted by molar-refractivity contribution is 0.222. The van der Waals surface area contributed by atoms with Crippen molar-refractivity contribution in [1.82, 2.24) is 19.9 Å². The standard InChI is InChI=1S/C12H19N7O2/c1-6(2)20-12-17-10(16-11(18-12)19-13)15-8(4)9-14-5-7(3)21-9/h5-6,8H,13H2,1-4H3,(H2,15,16,17,18,19). The van der Waals surface area contributed by atoms with E-state index in [4.69, 9.17) is 15.0 Å². The summed E-state index contributed by atoms with van der Waals surface area (Å²) in [5.41, 5.74) is 2.38. The van der Waals surface area contributed by atoms with Gasteiger partial charge in [-0.3, -0.25) is 5.43 Å². The fourth-order valence-corrected chi connectivity index (χ4v) is 1.58. The smallest absolute Gasteiger partial charge is 0.323 e. The number of hydrogen-bond donors (Lipinski definition) is 3. The Morgan fingerprint density at radius 1 is 1.19 bits per heavy atom. The number of ether oxygens (including phenoxy) is 1. The molecule has 0 amide bonds. The third kappa shape index (κ3) is 4.02. The molecule has 9 heteroatoms. The largest absolute Gasteiger partial charge is 0.461 e. The molecular formula is C12H19N7O2. The molecule has 0 radical (unpaired) electrons. The van der Waals surface area contributed by atoms with Crippen molar-refractivity contribution in [3.05, 3.63) is 17.8 Å². The molecule has 2 rings (SSSR count). The van der Waals surface area contributed by atoms with Crippen molar-refractivity contribution >= 4 is 11.9 Å². The molecule has 0 saturated carbocycles. The molecule has 0 bridgehead atoms. The van der Waals surface area contributed by atoms with Gasteiger partial charge in [-0.05, 0) is 27.7 Å². The molecule has 4 N–H and O–H groups in total. The van der Waals surface area contributed by atoms with Crippen LogP contribution < -0.4 is 21.3 Å². The number of nitrogens with two attached hydrogens (primary N) is 1. The molecule has 2 heterocycles. The summed E-state index contributed by atoms with van der Waals surface area (Å²) in [6.45, 7) is 7.47. The first-order chi connectivity index (χ1) is 9.97. The van der Waals surface area contributed by atoms with Crippen LogP contribution in [0.4, 0.5) is 11.9 Å². The normalized spacial score (nSPS) is 12.3. The maximum Gasteiger partial charge on any atom is 0.323 e. The Kier molecular flexibility index (Phi) is 4.53. The Balaban J connectivity index is 2.18. The quantitative estimate of drug-likeness (QED) is 0.535. The molecule has 0 aliphatic rings. The van der Waals surface area contributed by atoms with Crippen molar-refractivity contribution in [3.8, 4) is 6.01 Å². The Labute approximate surface area is 122 Å².